The maximum absolute atomic E-state index is 12.5. The van der Waals surface area contributed by atoms with Crippen LogP contribution in [0.15, 0.2) is 91.0 Å². The first-order valence-electron chi connectivity index (χ1n) is 10.9. The number of nitrogens with two attached hydrogens (primary N) is 2. The average molecular weight is 447 g/mol. The Kier molecular flexibility index (Phi) is 8.26. The predicted octanol–water partition coefficient (Wildman–Crippen LogP) is 4.51. The highest BCUT2D eigenvalue weighted by Gasteiger charge is 2.38. The number of Topliss-reactive ketones (excluding diaryl/α,β-unsaturated/α-hetero) is 1. The standard InChI is InChI=1S/C27H30N2O2S/c1-2-24(28)25(30)18-20(26(29)31)19-32-27(21-12-6-3-7-13-21,22-14-8-4-9-15-22)23-16-10-5-11-17-23/h3-17,20,24H,2,18-19,28H2,1H3,(H2,29,31)/t20-,24+/m1/s1. The molecule has 3 aromatic rings. The molecule has 0 aliphatic carbocycles. The van der Waals surface area contributed by atoms with E-state index in [9.17, 15) is 9.59 Å². The number of hydrogen-bond acceptors (Lipinski definition) is 4. The minimum atomic E-state index is -0.597. The van der Waals surface area contributed by atoms with E-state index < -0.39 is 22.6 Å². The Morgan fingerprint density at radius 2 is 1.22 bits per heavy atom. The molecule has 4 N–H and O–H groups in total. The van der Waals surface area contributed by atoms with Gasteiger partial charge in [-0.3, -0.25) is 9.59 Å². The summed E-state index contributed by atoms with van der Waals surface area (Å²) in [6, 6.07) is 30.1. The van der Waals surface area contributed by atoms with Gasteiger partial charge in [-0.25, -0.2) is 0 Å². The maximum Gasteiger partial charge on any atom is 0.221 e. The van der Waals surface area contributed by atoms with Gasteiger partial charge in [0.05, 0.1) is 16.7 Å². The summed E-state index contributed by atoms with van der Waals surface area (Å²) in [6.45, 7) is 1.86. The van der Waals surface area contributed by atoms with Crippen LogP contribution in [0.2, 0.25) is 0 Å². The smallest absolute Gasteiger partial charge is 0.221 e. The second-order valence-electron chi connectivity index (χ2n) is 7.87. The Morgan fingerprint density at radius 1 is 0.812 bits per heavy atom. The molecule has 0 fully saturated rings. The lowest BCUT2D eigenvalue weighted by Gasteiger charge is -2.36. The Hall–Kier alpha value is -2.89. The number of amides is 1. The first-order valence-corrected chi connectivity index (χ1v) is 11.9. The molecular weight excluding hydrogens is 416 g/mol. The Bertz CT molecular complexity index is 913. The Morgan fingerprint density at radius 3 is 1.56 bits per heavy atom. The number of hydrogen-bond donors (Lipinski definition) is 2. The molecule has 0 bridgehead atoms. The summed E-state index contributed by atoms with van der Waals surface area (Å²) in [6.07, 6.45) is 0.602. The van der Waals surface area contributed by atoms with Crippen molar-refractivity contribution in [2.45, 2.75) is 30.6 Å². The zero-order valence-electron chi connectivity index (χ0n) is 18.3. The lowest BCUT2D eigenvalue weighted by molar-refractivity contribution is -0.127. The summed E-state index contributed by atoms with van der Waals surface area (Å²) in [4.78, 5) is 24.8. The van der Waals surface area contributed by atoms with Gasteiger partial charge < -0.3 is 11.5 Å². The summed E-state index contributed by atoms with van der Waals surface area (Å²) in [5, 5.41) is 0. The summed E-state index contributed by atoms with van der Waals surface area (Å²) in [5.74, 6) is -0.796. The predicted molar refractivity (Wildman–Crippen MR) is 132 cm³/mol. The molecule has 0 spiro atoms. The number of rotatable bonds is 11. The SMILES string of the molecule is CC[C@H](N)C(=O)C[C@H](CSC(c1ccccc1)(c1ccccc1)c1ccccc1)C(N)=O. The average Bonchev–Trinajstić information content (AvgIpc) is 2.84. The van der Waals surface area contributed by atoms with Gasteiger partial charge in [0.25, 0.3) is 0 Å². The van der Waals surface area contributed by atoms with Crippen LogP contribution in [0.5, 0.6) is 0 Å². The fourth-order valence-corrected chi connectivity index (χ4v) is 5.50. The van der Waals surface area contributed by atoms with Crippen LogP contribution in [-0.4, -0.2) is 23.5 Å². The first kappa shape index (κ1) is 23.8. The maximum atomic E-state index is 12.5. The third-order valence-electron chi connectivity index (χ3n) is 5.75. The van der Waals surface area contributed by atoms with Crippen LogP contribution in [0.1, 0.15) is 36.5 Å². The molecule has 3 aromatic carbocycles. The lowest BCUT2D eigenvalue weighted by atomic mass is 9.84. The number of thioether (sulfide) groups is 1. The molecule has 3 rings (SSSR count). The van der Waals surface area contributed by atoms with Crippen LogP contribution in [0.25, 0.3) is 0 Å². The summed E-state index contributed by atoms with van der Waals surface area (Å²) >= 11 is 1.63. The van der Waals surface area contributed by atoms with Crippen molar-refractivity contribution in [3.63, 3.8) is 0 Å². The molecule has 0 aromatic heterocycles. The van der Waals surface area contributed by atoms with Gasteiger partial charge in [0.2, 0.25) is 5.91 Å². The van der Waals surface area contributed by atoms with Crippen molar-refractivity contribution >= 4 is 23.5 Å². The molecule has 0 aliphatic heterocycles. The monoisotopic (exact) mass is 446 g/mol. The van der Waals surface area contributed by atoms with Crippen molar-refractivity contribution in [3.8, 4) is 0 Å². The highest BCUT2D eigenvalue weighted by molar-refractivity contribution is 8.00. The molecule has 5 heteroatoms. The molecule has 32 heavy (non-hydrogen) atoms. The lowest BCUT2D eigenvalue weighted by Crippen LogP contribution is -2.36. The number of carbonyl (C=O) groups is 2. The third-order valence-corrected chi connectivity index (χ3v) is 7.45. The summed E-state index contributed by atoms with van der Waals surface area (Å²) < 4.78 is -0.562. The topological polar surface area (TPSA) is 86.2 Å². The van der Waals surface area contributed by atoms with E-state index in [0.29, 0.717) is 12.2 Å². The molecule has 166 valence electrons. The van der Waals surface area contributed by atoms with Crippen molar-refractivity contribution in [1.29, 1.82) is 0 Å². The fraction of sp³-hybridized carbons (Fsp3) is 0.259. The minimum absolute atomic E-state index is 0.0613. The van der Waals surface area contributed by atoms with Gasteiger partial charge in [0.1, 0.15) is 5.78 Å². The molecule has 0 radical (unpaired) electrons. The van der Waals surface area contributed by atoms with E-state index in [1.165, 1.54) is 0 Å². The third kappa shape index (κ3) is 5.29. The van der Waals surface area contributed by atoms with Crippen LogP contribution < -0.4 is 11.5 Å². The second kappa shape index (κ2) is 11.1. The fourth-order valence-electron chi connectivity index (χ4n) is 3.86. The van der Waals surface area contributed by atoms with Crippen LogP contribution in [0.3, 0.4) is 0 Å². The van der Waals surface area contributed by atoms with E-state index in [2.05, 4.69) is 36.4 Å². The normalized spacial score (nSPS) is 13.3. The Labute approximate surface area is 194 Å². The molecular formula is C27H30N2O2S. The highest BCUT2D eigenvalue weighted by atomic mass is 32.2. The van der Waals surface area contributed by atoms with E-state index in [1.54, 1.807) is 11.8 Å². The van der Waals surface area contributed by atoms with Gasteiger partial charge in [-0.15, -0.1) is 11.8 Å². The van der Waals surface area contributed by atoms with Crippen LogP contribution in [-0.2, 0) is 14.3 Å². The van der Waals surface area contributed by atoms with Crippen molar-refractivity contribution in [1.82, 2.24) is 0 Å². The van der Waals surface area contributed by atoms with Gasteiger partial charge >= 0.3 is 0 Å². The van der Waals surface area contributed by atoms with E-state index >= 15 is 0 Å². The highest BCUT2D eigenvalue weighted by Crippen LogP contribution is 2.49. The summed E-state index contributed by atoms with van der Waals surface area (Å²) in [5.41, 5.74) is 14.9. The van der Waals surface area contributed by atoms with Crippen LogP contribution in [0.4, 0.5) is 0 Å². The molecule has 0 heterocycles. The largest absolute Gasteiger partial charge is 0.369 e. The molecule has 2 atom stereocenters. The summed E-state index contributed by atoms with van der Waals surface area (Å²) in [7, 11) is 0. The van der Waals surface area contributed by atoms with Crippen molar-refractivity contribution < 1.29 is 9.59 Å². The first-order chi connectivity index (χ1) is 15.5. The van der Waals surface area contributed by atoms with Gasteiger partial charge in [0.15, 0.2) is 0 Å². The molecule has 4 nitrogen and oxygen atoms in total. The van der Waals surface area contributed by atoms with Gasteiger partial charge in [-0.05, 0) is 23.1 Å². The molecule has 0 saturated carbocycles. The van der Waals surface area contributed by atoms with Crippen molar-refractivity contribution in [2.75, 3.05) is 5.75 Å². The number of primary amides is 1. The van der Waals surface area contributed by atoms with Crippen molar-refractivity contribution in [3.05, 3.63) is 108 Å². The van der Waals surface area contributed by atoms with Gasteiger partial charge in [-0.1, -0.05) is 97.9 Å². The zero-order valence-corrected chi connectivity index (χ0v) is 19.1. The van der Waals surface area contributed by atoms with Crippen LogP contribution >= 0.6 is 11.8 Å². The molecule has 0 saturated heterocycles. The molecule has 1 amide bonds. The van der Waals surface area contributed by atoms with E-state index in [1.807, 2.05) is 61.5 Å². The quantitative estimate of drug-likeness (QED) is 0.424. The van der Waals surface area contributed by atoms with Crippen LogP contribution in [0, 0.1) is 5.92 Å². The molecule has 0 unspecified atom stereocenters. The van der Waals surface area contributed by atoms with Crippen molar-refractivity contribution in [2.24, 2.45) is 17.4 Å². The number of carbonyl (C=O) groups excluding carboxylic acids is 2. The van der Waals surface area contributed by atoms with E-state index in [4.69, 9.17) is 11.5 Å². The Balaban J connectivity index is 2.06. The van der Waals surface area contributed by atoms with E-state index in [-0.39, 0.29) is 12.2 Å². The zero-order chi connectivity index (χ0) is 23.0. The number of ketones is 1. The number of benzene rings is 3. The second-order valence-corrected chi connectivity index (χ2v) is 9.11. The van der Waals surface area contributed by atoms with Gasteiger partial charge in [-0.2, -0.15) is 0 Å². The minimum Gasteiger partial charge on any atom is -0.369 e. The van der Waals surface area contributed by atoms with Gasteiger partial charge in [0, 0.05) is 12.2 Å². The molecule has 0 aliphatic rings. The van der Waals surface area contributed by atoms with E-state index in [0.717, 1.165) is 16.7 Å².